The van der Waals surface area contributed by atoms with Crippen molar-refractivity contribution in [3.05, 3.63) is 36.0 Å². The standard InChI is InChI=1S/C10H8F3N3/c11-10(12,13)7-2-1-6(5-8(7)14)9-3-4-15-16-9/h1-5H,14H2,(H,15,16). The van der Waals surface area contributed by atoms with Crippen LogP contribution < -0.4 is 5.73 Å². The van der Waals surface area contributed by atoms with Crippen LogP contribution in [0, 0.1) is 0 Å². The van der Waals surface area contributed by atoms with Crippen LogP contribution in [0.5, 0.6) is 0 Å². The van der Waals surface area contributed by atoms with Crippen molar-refractivity contribution in [1.29, 1.82) is 0 Å². The maximum absolute atomic E-state index is 12.4. The molecule has 2 aromatic rings. The number of rotatable bonds is 1. The van der Waals surface area contributed by atoms with E-state index in [1.165, 1.54) is 12.1 Å². The summed E-state index contributed by atoms with van der Waals surface area (Å²) in [5.74, 6) is 0. The quantitative estimate of drug-likeness (QED) is 0.736. The third kappa shape index (κ3) is 1.86. The number of hydrogen-bond donors (Lipinski definition) is 2. The fourth-order valence-corrected chi connectivity index (χ4v) is 1.40. The number of anilines is 1. The topological polar surface area (TPSA) is 54.7 Å². The minimum absolute atomic E-state index is 0.298. The number of nitrogens with zero attached hydrogens (tertiary/aromatic N) is 1. The summed E-state index contributed by atoms with van der Waals surface area (Å²) >= 11 is 0. The van der Waals surface area contributed by atoms with E-state index in [1.807, 2.05) is 0 Å². The molecule has 6 heteroatoms. The van der Waals surface area contributed by atoms with Gasteiger partial charge in [-0.1, -0.05) is 6.07 Å². The molecule has 0 saturated heterocycles. The third-order valence-electron chi connectivity index (χ3n) is 2.15. The van der Waals surface area contributed by atoms with E-state index in [-0.39, 0.29) is 5.69 Å². The molecule has 1 heterocycles. The van der Waals surface area contributed by atoms with E-state index in [0.29, 0.717) is 11.3 Å². The first-order chi connectivity index (χ1) is 7.48. The summed E-state index contributed by atoms with van der Waals surface area (Å²) in [4.78, 5) is 0. The van der Waals surface area contributed by atoms with Gasteiger partial charge in [0.2, 0.25) is 0 Å². The first-order valence-corrected chi connectivity index (χ1v) is 4.45. The molecule has 0 bridgehead atoms. The SMILES string of the molecule is Nc1cc(-c2cc[nH]n2)ccc1C(F)(F)F. The van der Waals surface area contributed by atoms with Gasteiger partial charge < -0.3 is 5.73 Å². The maximum atomic E-state index is 12.4. The van der Waals surface area contributed by atoms with E-state index < -0.39 is 11.7 Å². The summed E-state index contributed by atoms with van der Waals surface area (Å²) < 4.78 is 37.3. The molecule has 1 aromatic heterocycles. The lowest BCUT2D eigenvalue weighted by atomic mass is 10.1. The van der Waals surface area contributed by atoms with Crippen molar-refractivity contribution in [2.45, 2.75) is 6.18 Å². The summed E-state index contributed by atoms with van der Waals surface area (Å²) in [7, 11) is 0. The lowest BCUT2D eigenvalue weighted by molar-refractivity contribution is -0.136. The molecule has 3 nitrogen and oxygen atoms in total. The van der Waals surface area contributed by atoms with E-state index in [1.54, 1.807) is 12.3 Å². The molecule has 1 aromatic carbocycles. The van der Waals surface area contributed by atoms with Crippen molar-refractivity contribution in [3.8, 4) is 11.3 Å². The van der Waals surface area contributed by atoms with Crippen molar-refractivity contribution >= 4 is 5.69 Å². The Morgan fingerprint density at radius 2 is 1.94 bits per heavy atom. The highest BCUT2D eigenvalue weighted by Gasteiger charge is 2.32. The number of hydrogen-bond acceptors (Lipinski definition) is 2. The smallest absolute Gasteiger partial charge is 0.398 e. The Morgan fingerprint density at radius 3 is 2.44 bits per heavy atom. The van der Waals surface area contributed by atoms with Crippen molar-refractivity contribution in [1.82, 2.24) is 10.2 Å². The summed E-state index contributed by atoms with van der Waals surface area (Å²) in [6, 6.07) is 5.22. The molecule has 0 atom stereocenters. The number of benzene rings is 1. The zero-order chi connectivity index (χ0) is 11.8. The maximum Gasteiger partial charge on any atom is 0.418 e. The van der Waals surface area contributed by atoms with Gasteiger partial charge in [-0.2, -0.15) is 18.3 Å². The number of aromatic amines is 1. The van der Waals surface area contributed by atoms with Crippen LogP contribution in [0.15, 0.2) is 30.5 Å². The molecule has 0 radical (unpaired) electrons. The van der Waals surface area contributed by atoms with E-state index in [4.69, 9.17) is 5.73 Å². The van der Waals surface area contributed by atoms with Gasteiger partial charge in [0.05, 0.1) is 11.3 Å². The predicted molar refractivity (Wildman–Crippen MR) is 53.4 cm³/mol. The Balaban J connectivity index is 2.45. The highest BCUT2D eigenvalue weighted by molar-refractivity contribution is 5.66. The van der Waals surface area contributed by atoms with E-state index in [2.05, 4.69) is 10.2 Å². The van der Waals surface area contributed by atoms with Gasteiger partial charge in [0.1, 0.15) is 0 Å². The first kappa shape index (κ1) is 10.5. The summed E-state index contributed by atoms with van der Waals surface area (Å²) in [6.45, 7) is 0. The van der Waals surface area contributed by atoms with E-state index in [0.717, 1.165) is 6.07 Å². The molecule has 0 aliphatic heterocycles. The van der Waals surface area contributed by atoms with Crippen LogP contribution >= 0.6 is 0 Å². The highest BCUT2D eigenvalue weighted by atomic mass is 19.4. The number of aromatic nitrogens is 2. The molecule has 0 aliphatic carbocycles. The first-order valence-electron chi connectivity index (χ1n) is 4.45. The lowest BCUT2D eigenvalue weighted by Crippen LogP contribution is -2.08. The Hall–Kier alpha value is -1.98. The summed E-state index contributed by atoms with van der Waals surface area (Å²) in [6.07, 6.45) is -2.84. The Labute approximate surface area is 89.1 Å². The van der Waals surface area contributed by atoms with Crippen molar-refractivity contribution < 1.29 is 13.2 Å². The van der Waals surface area contributed by atoms with Gasteiger partial charge in [0, 0.05) is 17.4 Å². The van der Waals surface area contributed by atoms with Gasteiger partial charge in [0.25, 0.3) is 0 Å². The second kappa shape index (κ2) is 3.55. The number of halogens is 3. The minimum atomic E-state index is -4.42. The zero-order valence-corrected chi connectivity index (χ0v) is 8.05. The van der Waals surface area contributed by atoms with Crippen LogP contribution in [0.4, 0.5) is 18.9 Å². The minimum Gasteiger partial charge on any atom is -0.398 e. The van der Waals surface area contributed by atoms with Gasteiger partial charge in [-0.25, -0.2) is 0 Å². The van der Waals surface area contributed by atoms with Crippen molar-refractivity contribution in [2.75, 3.05) is 5.73 Å². The normalized spacial score (nSPS) is 11.7. The van der Waals surface area contributed by atoms with Gasteiger partial charge in [-0.3, -0.25) is 5.10 Å². The van der Waals surface area contributed by atoms with Crippen molar-refractivity contribution in [2.24, 2.45) is 0 Å². The Kier molecular flexibility index (Phi) is 2.34. The zero-order valence-electron chi connectivity index (χ0n) is 8.05. The van der Waals surface area contributed by atoms with Gasteiger partial charge in [-0.05, 0) is 18.2 Å². The van der Waals surface area contributed by atoms with Crippen LogP contribution in [0.2, 0.25) is 0 Å². The second-order valence-electron chi connectivity index (χ2n) is 3.26. The van der Waals surface area contributed by atoms with Crippen LogP contribution in [-0.2, 0) is 6.18 Å². The molecule has 0 spiro atoms. The number of nitrogens with one attached hydrogen (secondary N) is 1. The molecule has 16 heavy (non-hydrogen) atoms. The largest absolute Gasteiger partial charge is 0.418 e. The molecule has 2 rings (SSSR count). The van der Waals surface area contributed by atoms with Crippen LogP contribution in [-0.4, -0.2) is 10.2 Å². The molecule has 0 aliphatic rings. The predicted octanol–water partition coefficient (Wildman–Crippen LogP) is 2.68. The van der Waals surface area contributed by atoms with Crippen molar-refractivity contribution in [3.63, 3.8) is 0 Å². The fourth-order valence-electron chi connectivity index (χ4n) is 1.40. The lowest BCUT2D eigenvalue weighted by Gasteiger charge is -2.10. The molecule has 84 valence electrons. The molecular formula is C10H8F3N3. The molecular weight excluding hydrogens is 219 g/mol. The van der Waals surface area contributed by atoms with Gasteiger partial charge in [-0.15, -0.1) is 0 Å². The molecule has 0 amide bonds. The summed E-state index contributed by atoms with van der Waals surface area (Å²) in [5.41, 5.74) is 5.33. The fraction of sp³-hybridized carbons (Fsp3) is 0.100. The molecule has 0 saturated carbocycles. The molecule has 0 unspecified atom stereocenters. The number of H-pyrrole nitrogens is 1. The van der Waals surface area contributed by atoms with Crippen LogP contribution in [0.25, 0.3) is 11.3 Å². The van der Waals surface area contributed by atoms with Crippen LogP contribution in [0.1, 0.15) is 5.56 Å². The number of alkyl halides is 3. The Bertz CT molecular complexity index is 489. The molecule has 0 fully saturated rings. The van der Waals surface area contributed by atoms with E-state index in [9.17, 15) is 13.2 Å². The van der Waals surface area contributed by atoms with Gasteiger partial charge in [0.15, 0.2) is 0 Å². The third-order valence-corrected chi connectivity index (χ3v) is 2.15. The second-order valence-corrected chi connectivity index (χ2v) is 3.26. The van der Waals surface area contributed by atoms with E-state index >= 15 is 0 Å². The number of nitrogen functional groups attached to an aromatic ring is 1. The number of nitrogens with two attached hydrogens (primary N) is 1. The average Bonchev–Trinajstić information content (AvgIpc) is 2.68. The highest BCUT2D eigenvalue weighted by Crippen LogP contribution is 2.35. The average molecular weight is 227 g/mol. The Morgan fingerprint density at radius 1 is 1.19 bits per heavy atom. The summed E-state index contributed by atoms with van der Waals surface area (Å²) in [5, 5.41) is 6.44. The van der Waals surface area contributed by atoms with Crippen LogP contribution in [0.3, 0.4) is 0 Å². The molecule has 3 N–H and O–H groups in total. The monoisotopic (exact) mass is 227 g/mol. The van der Waals surface area contributed by atoms with Gasteiger partial charge >= 0.3 is 6.18 Å².